The first-order chi connectivity index (χ1) is 8.65. The minimum Gasteiger partial charge on any atom is -0.354 e. The third kappa shape index (κ3) is 2.32. The molecule has 0 saturated carbocycles. The number of nitrogens with zero attached hydrogens (tertiary/aromatic N) is 4. The molecule has 1 unspecified atom stereocenters. The largest absolute Gasteiger partial charge is 0.354 e. The first-order valence-electron chi connectivity index (χ1n) is 5.81. The molecule has 0 radical (unpaired) electrons. The summed E-state index contributed by atoms with van der Waals surface area (Å²) in [6.07, 6.45) is 4.18. The molecule has 1 amide bonds. The molecular formula is C11H15N5O2. The van der Waals surface area contributed by atoms with Crippen molar-refractivity contribution < 1.29 is 9.53 Å². The van der Waals surface area contributed by atoms with Crippen molar-refractivity contribution >= 4 is 5.91 Å². The fraction of sp³-hybridized carbons (Fsp3) is 0.545. The maximum Gasteiger partial charge on any atom is 0.250 e. The van der Waals surface area contributed by atoms with Crippen molar-refractivity contribution in [3.05, 3.63) is 35.1 Å². The monoisotopic (exact) mass is 249 g/mol. The molecule has 0 aliphatic carbocycles. The standard InChI is InChI=1S/C11H15N5O2/c1-3-8-6-9(14-15-12)11(18-8)16-5-4-10(17)13-7(16)2/h4-5,8-9,11H,2-3,6H2,1H3,(H,13,17)/t8-,9?,11-/m1/s1. The van der Waals surface area contributed by atoms with Crippen molar-refractivity contribution in [3.63, 3.8) is 0 Å². The van der Waals surface area contributed by atoms with Crippen LogP contribution in [0.2, 0.25) is 0 Å². The lowest BCUT2D eigenvalue weighted by Gasteiger charge is -2.32. The average molecular weight is 249 g/mol. The summed E-state index contributed by atoms with van der Waals surface area (Å²) >= 11 is 0. The van der Waals surface area contributed by atoms with Gasteiger partial charge >= 0.3 is 0 Å². The van der Waals surface area contributed by atoms with Gasteiger partial charge in [-0.05, 0) is 18.4 Å². The van der Waals surface area contributed by atoms with E-state index in [0.29, 0.717) is 12.2 Å². The van der Waals surface area contributed by atoms with Gasteiger partial charge in [-0.15, -0.1) is 0 Å². The van der Waals surface area contributed by atoms with Gasteiger partial charge in [0, 0.05) is 17.2 Å². The van der Waals surface area contributed by atoms with Crippen molar-refractivity contribution in [2.45, 2.75) is 38.1 Å². The van der Waals surface area contributed by atoms with Crippen LogP contribution < -0.4 is 5.32 Å². The summed E-state index contributed by atoms with van der Waals surface area (Å²) < 4.78 is 5.82. The van der Waals surface area contributed by atoms with Crippen LogP contribution in [0.3, 0.4) is 0 Å². The van der Waals surface area contributed by atoms with Gasteiger partial charge in [0.15, 0.2) is 0 Å². The van der Waals surface area contributed by atoms with Crippen LogP contribution in [0.1, 0.15) is 19.8 Å². The second-order valence-corrected chi connectivity index (χ2v) is 4.22. The van der Waals surface area contributed by atoms with E-state index in [1.165, 1.54) is 6.08 Å². The molecule has 2 rings (SSSR count). The van der Waals surface area contributed by atoms with Gasteiger partial charge in [-0.3, -0.25) is 4.79 Å². The summed E-state index contributed by atoms with van der Waals surface area (Å²) in [6, 6.07) is -0.281. The Labute approximate surface area is 105 Å². The van der Waals surface area contributed by atoms with Gasteiger partial charge in [-0.25, -0.2) is 0 Å². The summed E-state index contributed by atoms with van der Waals surface area (Å²) in [7, 11) is 0. The Bertz CT molecular complexity index is 441. The van der Waals surface area contributed by atoms with Gasteiger partial charge in [0.2, 0.25) is 0 Å². The number of azide groups is 1. The molecular weight excluding hydrogens is 234 g/mol. The topological polar surface area (TPSA) is 90.3 Å². The third-order valence-electron chi connectivity index (χ3n) is 3.06. The Morgan fingerprint density at radius 1 is 1.78 bits per heavy atom. The van der Waals surface area contributed by atoms with Gasteiger partial charge in [-0.2, -0.15) is 0 Å². The van der Waals surface area contributed by atoms with Crippen LogP contribution >= 0.6 is 0 Å². The van der Waals surface area contributed by atoms with E-state index in [0.717, 1.165) is 6.42 Å². The Morgan fingerprint density at radius 2 is 2.56 bits per heavy atom. The number of carbonyl (C=O) groups excluding carboxylic acids is 1. The van der Waals surface area contributed by atoms with Crippen LogP contribution in [0.25, 0.3) is 10.4 Å². The molecule has 2 heterocycles. The molecule has 2 aliphatic heterocycles. The number of carbonyl (C=O) groups is 1. The van der Waals surface area contributed by atoms with Crippen LogP contribution in [0.15, 0.2) is 29.8 Å². The van der Waals surface area contributed by atoms with E-state index < -0.39 is 6.23 Å². The highest BCUT2D eigenvalue weighted by Gasteiger charge is 2.38. The molecule has 0 bridgehead atoms. The van der Waals surface area contributed by atoms with Crippen LogP contribution in [-0.2, 0) is 9.53 Å². The van der Waals surface area contributed by atoms with Gasteiger partial charge in [0.25, 0.3) is 5.91 Å². The van der Waals surface area contributed by atoms with Crippen LogP contribution in [0.4, 0.5) is 0 Å². The summed E-state index contributed by atoms with van der Waals surface area (Å²) in [5.74, 6) is 0.212. The predicted octanol–water partition coefficient (Wildman–Crippen LogP) is 1.61. The minimum absolute atomic E-state index is 0.0596. The van der Waals surface area contributed by atoms with E-state index in [4.69, 9.17) is 10.3 Å². The average Bonchev–Trinajstić information content (AvgIpc) is 2.73. The van der Waals surface area contributed by atoms with E-state index >= 15 is 0 Å². The van der Waals surface area contributed by atoms with Gasteiger partial charge in [0.1, 0.15) is 12.0 Å². The second-order valence-electron chi connectivity index (χ2n) is 4.22. The van der Waals surface area contributed by atoms with Crippen LogP contribution in [0.5, 0.6) is 0 Å². The molecule has 3 atom stereocenters. The summed E-state index contributed by atoms with van der Waals surface area (Å²) in [6.45, 7) is 5.78. The normalized spacial score (nSPS) is 31.2. The van der Waals surface area contributed by atoms with Crippen LogP contribution in [-0.4, -0.2) is 29.2 Å². The SMILES string of the molecule is C=C1NC(=O)C=CN1[C@@H]1O[C@H](CC)CC1N=[N+]=[N-]. The van der Waals surface area contributed by atoms with Crippen molar-refractivity contribution in [3.8, 4) is 0 Å². The Kier molecular flexibility index (Phi) is 3.55. The van der Waals surface area contributed by atoms with E-state index in [1.54, 1.807) is 11.1 Å². The zero-order valence-electron chi connectivity index (χ0n) is 10.1. The molecule has 0 aromatic heterocycles. The molecule has 0 spiro atoms. The molecule has 1 saturated heterocycles. The van der Waals surface area contributed by atoms with Crippen molar-refractivity contribution in [1.82, 2.24) is 10.2 Å². The number of amides is 1. The second kappa shape index (κ2) is 5.12. The van der Waals surface area contributed by atoms with Crippen molar-refractivity contribution in [2.24, 2.45) is 5.11 Å². The zero-order valence-corrected chi connectivity index (χ0v) is 10.1. The lowest BCUT2D eigenvalue weighted by Crippen LogP contribution is -2.44. The predicted molar refractivity (Wildman–Crippen MR) is 64.8 cm³/mol. The highest BCUT2D eigenvalue weighted by atomic mass is 16.5. The Balaban J connectivity index is 2.20. The molecule has 7 nitrogen and oxygen atoms in total. The number of hydrogen-bond donors (Lipinski definition) is 1. The zero-order chi connectivity index (χ0) is 13.1. The molecule has 96 valence electrons. The molecule has 18 heavy (non-hydrogen) atoms. The van der Waals surface area contributed by atoms with Crippen LogP contribution in [0, 0.1) is 0 Å². The Hall–Kier alpha value is -1.98. The highest BCUT2D eigenvalue weighted by Crippen LogP contribution is 2.30. The van der Waals surface area contributed by atoms with E-state index in [9.17, 15) is 4.79 Å². The van der Waals surface area contributed by atoms with Gasteiger partial charge in [0.05, 0.1) is 12.1 Å². The quantitative estimate of drug-likeness (QED) is 0.468. The lowest BCUT2D eigenvalue weighted by molar-refractivity contribution is -0.117. The van der Waals surface area contributed by atoms with E-state index in [1.807, 2.05) is 6.92 Å². The summed E-state index contributed by atoms with van der Waals surface area (Å²) in [5.41, 5.74) is 8.58. The number of rotatable bonds is 3. The van der Waals surface area contributed by atoms with Gasteiger partial charge in [-0.1, -0.05) is 18.6 Å². The van der Waals surface area contributed by atoms with E-state index in [2.05, 4.69) is 21.9 Å². The van der Waals surface area contributed by atoms with E-state index in [-0.39, 0.29) is 18.1 Å². The van der Waals surface area contributed by atoms with Crippen molar-refractivity contribution in [2.75, 3.05) is 0 Å². The molecule has 0 aromatic carbocycles. The van der Waals surface area contributed by atoms with Gasteiger partial charge < -0.3 is 15.0 Å². The Morgan fingerprint density at radius 3 is 3.17 bits per heavy atom. The summed E-state index contributed by atoms with van der Waals surface area (Å²) in [5, 5.41) is 6.35. The highest BCUT2D eigenvalue weighted by molar-refractivity contribution is 5.89. The molecule has 7 heteroatoms. The lowest BCUT2D eigenvalue weighted by atomic mass is 10.1. The molecule has 0 aromatic rings. The molecule has 2 aliphatic rings. The number of ether oxygens (including phenoxy) is 1. The first-order valence-corrected chi connectivity index (χ1v) is 5.81. The minimum atomic E-state index is -0.407. The molecule has 1 N–H and O–H groups in total. The maximum absolute atomic E-state index is 11.2. The maximum atomic E-state index is 11.2. The number of nitrogens with one attached hydrogen (secondary N) is 1. The number of hydrogen-bond acceptors (Lipinski definition) is 4. The summed E-state index contributed by atoms with van der Waals surface area (Å²) in [4.78, 5) is 15.7. The fourth-order valence-corrected chi connectivity index (χ4v) is 2.14. The third-order valence-corrected chi connectivity index (χ3v) is 3.06. The molecule has 1 fully saturated rings. The van der Waals surface area contributed by atoms with Crippen molar-refractivity contribution in [1.29, 1.82) is 0 Å². The first kappa shape index (κ1) is 12.5. The smallest absolute Gasteiger partial charge is 0.250 e. The fourth-order valence-electron chi connectivity index (χ4n) is 2.14.